The van der Waals surface area contributed by atoms with Crippen LogP contribution in [0.1, 0.15) is 187 Å². The Balaban J connectivity index is 3.00. The summed E-state index contributed by atoms with van der Waals surface area (Å²) in [7, 11) is 0. The molecule has 0 radical (unpaired) electrons. The summed E-state index contributed by atoms with van der Waals surface area (Å²) in [5.41, 5.74) is 0. The summed E-state index contributed by atoms with van der Waals surface area (Å²) in [6.45, 7) is 3.03. The van der Waals surface area contributed by atoms with Crippen LogP contribution in [0, 0.1) is 0 Å². The Labute approximate surface area is 230 Å². The van der Waals surface area contributed by atoms with Crippen LogP contribution in [0.25, 0.3) is 0 Å². The van der Waals surface area contributed by atoms with Crippen LogP contribution in [0.2, 0.25) is 0 Å². The lowest BCUT2D eigenvalue weighted by Gasteiger charge is -2.05. The second kappa shape index (κ2) is 32.1. The maximum Gasteiger partial charge on any atom is 0.237 e. The van der Waals surface area contributed by atoms with Gasteiger partial charge in [0, 0.05) is 22.0 Å². The molecular weight excluding hydrogens is 550 g/mol. The largest absolute Gasteiger partial charge is 0.342 e. The van der Waals surface area contributed by atoms with Crippen LogP contribution in [0.4, 0.5) is 0 Å². The average Bonchev–Trinajstić information content (AvgIpc) is 2.83. The van der Waals surface area contributed by atoms with E-state index in [1.54, 1.807) is 0 Å². The Bertz CT molecular complexity index is 355. The fraction of sp³-hybridized carbons (Fsp3) is 1.00. The van der Waals surface area contributed by atoms with Gasteiger partial charge < -0.3 is 9.42 Å². The monoisotopic (exact) mass is 612 g/mol. The maximum atomic E-state index is 9.08. The quantitative estimate of drug-likeness (QED) is 0.0497. The lowest BCUT2D eigenvalue weighted by atomic mass is 10.0. The Morgan fingerprint density at radius 1 is 0.412 bits per heavy atom. The summed E-state index contributed by atoms with van der Waals surface area (Å²) in [5.74, 6) is 0. The summed E-state index contributed by atoms with van der Waals surface area (Å²) >= 11 is 1.95. The van der Waals surface area contributed by atoms with Crippen molar-refractivity contribution in [1.82, 2.24) is 0 Å². The van der Waals surface area contributed by atoms with Gasteiger partial charge in [-0.1, -0.05) is 180 Å². The lowest BCUT2D eigenvalue weighted by Crippen LogP contribution is -1.88. The van der Waals surface area contributed by atoms with E-state index < -0.39 is 6.02 Å². The molecule has 2 nitrogen and oxygen atoms in total. The third-order valence-electron chi connectivity index (χ3n) is 7.20. The number of halogens is 1. The van der Waals surface area contributed by atoms with Gasteiger partial charge in [0.05, 0.1) is 6.61 Å². The highest BCUT2D eigenvalue weighted by atomic mass is 127. The van der Waals surface area contributed by atoms with E-state index in [2.05, 4.69) is 6.92 Å². The van der Waals surface area contributed by atoms with Gasteiger partial charge in [0.25, 0.3) is 0 Å². The second-order valence-corrected chi connectivity index (χ2v) is 13.8. The topological polar surface area (TPSA) is 29.5 Å². The van der Waals surface area contributed by atoms with Crippen LogP contribution >= 0.6 is 28.1 Å². The van der Waals surface area contributed by atoms with Gasteiger partial charge in [0.15, 0.2) is 0 Å². The van der Waals surface area contributed by atoms with E-state index in [9.17, 15) is 0 Å². The van der Waals surface area contributed by atoms with Crippen LogP contribution in [-0.4, -0.2) is 11.5 Å². The first-order valence-corrected chi connectivity index (χ1v) is 19.5. The van der Waals surface area contributed by atoms with Gasteiger partial charge >= 0.3 is 0 Å². The van der Waals surface area contributed by atoms with Crippen molar-refractivity contribution in [2.75, 3.05) is 6.61 Å². The highest BCUT2D eigenvalue weighted by molar-refractivity contribution is 14.2. The Kier molecular flexibility index (Phi) is 33.1. The van der Waals surface area contributed by atoms with Crippen molar-refractivity contribution in [3.8, 4) is 0 Å². The van der Waals surface area contributed by atoms with Crippen LogP contribution in [0.5, 0.6) is 0 Å². The molecule has 206 valence electrons. The molecular formula is C30H62IO2P. The third-order valence-corrected chi connectivity index (χ3v) is 8.43. The smallest absolute Gasteiger partial charge is 0.237 e. The molecule has 0 bridgehead atoms. The first-order valence-electron chi connectivity index (χ1n) is 15.5. The molecule has 0 spiro atoms. The van der Waals surface area contributed by atoms with Gasteiger partial charge in [-0.2, -0.15) is 0 Å². The minimum Gasteiger partial charge on any atom is -0.342 e. The summed E-state index contributed by atoms with van der Waals surface area (Å²) in [6, 6.07) is -1.18. The van der Waals surface area contributed by atoms with E-state index in [4.69, 9.17) is 9.42 Å². The molecule has 0 aliphatic carbocycles. The van der Waals surface area contributed by atoms with Crippen molar-refractivity contribution in [3.05, 3.63) is 0 Å². The Morgan fingerprint density at radius 3 is 0.824 bits per heavy atom. The van der Waals surface area contributed by atoms with Crippen molar-refractivity contribution in [2.45, 2.75) is 187 Å². The number of rotatable bonds is 30. The van der Waals surface area contributed by atoms with Crippen LogP contribution in [0.15, 0.2) is 0 Å². The number of hydrogen-bond acceptors (Lipinski definition) is 2. The first kappa shape index (κ1) is 35.1. The van der Waals surface area contributed by atoms with Crippen molar-refractivity contribution < 1.29 is 9.42 Å². The first-order chi connectivity index (χ1) is 16.8. The fourth-order valence-corrected chi connectivity index (χ4v) is 5.78. The molecule has 1 unspecified atom stereocenters. The molecule has 0 amide bonds. The zero-order valence-corrected chi connectivity index (χ0v) is 26.2. The number of unbranched alkanes of at least 4 members (excludes halogenated alkanes) is 27. The second-order valence-electron chi connectivity index (χ2n) is 10.6. The molecule has 0 aromatic rings. The third kappa shape index (κ3) is 33.1. The van der Waals surface area contributed by atoms with Crippen LogP contribution in [-0.2, 0) is 4.52 Å². The molecule has 34 heavy (non-hydrogen) atoms. The zero-order valence-electron chi connectivity index (χ0n) is 23.2. The molecule has 0 saturated carbocycles. The fourth-order valence-electron chi connectivity index (χ4n) is 4.91. The minimum absolute atomic E-state index is 0.727. The van der Waals surface area contributed by atoms with Crippen molar-refractivity contribution in [1.29, 1.82) is 0 Å². The lowest BCUT2D eigenvalue weighted by molar-refractivity contribution is 0.311. The standard InChI is InChI=1S/C30H62IO2P/c1-2-3-4-5-6-7-8-9-10-11-12-13-14-15-16-17-18-19-20-21-22-23-24-25-26-27-28-29-30-33-34(31)32/h32H,2-30H2,1H3. The van der Waals surface area contributed by atoms with Crippen molar-refractivity contribution >= 4 is 28.1 Å². The van der Waals surface area contributed by atoms with Crippen LogP contribution < -0.4 is 0 Å². The molecule has 0 saturated heterocycles. The molecule has 0 rings (SSSR count). The van der Waals surface area contributed by atoms with E-state index in [-0.39, 0.29) is 0 Å². The molecule has 1 atom stereocenters. The van der Waals surface area contributed by atoms with E-state index in [1.165, 1.54) is 173 Å². The van der Waals surface area contributed by atoms with Gasteiger partial charge in [-0.15, -0.1) is 0 Å². The predicted octanol–water partition coefficient (Wildman–Crippen LogP) is 12.6. The summed E-state index contributed by atoms with van der Waals surface area (Å²) < 4.78 is 5.21. The number of hydrogen-bond donors (Lipinski definition) is 1. The van der Waals surface area contributed by atoms with Gasteiger partial charge in [0.2, 0.25) is 6.02 Å². The van der Waals surface area contributed by atoms with E-state index >= 15 is 0 Å². The molecule has 4 heteroatoms. The van der Waals surface area contributed by atoms with Crippen molar-refractivity contribution in [2.24, 2.45) is 0 Å². The molecule has 0 aromatic carbocycles. The highest BCUT2D eigenvalue weighted by Gasteiger charge is 1.98. The van der Waals surface area contributed by atoms with Gasteiger partial charge in [-0.25, -0.2) is 0 Å². The zero-order chi connectivity index (χ0) is 24.8. The summed E-state index contributed by atoms with van der Waals surface area (Å²) in [4.78, 5) is 9.08. The van der Waals surface area contributed by atoms with Crippen molar-refractivity contribution in [3.63, 3.8) is 0 Å². The van der Waals surface area contributed by atoms with Gasteiger partial charge in [-0.05, 0) is 6.42 Å². The molecule has 0 aliphatic heterocycles. The summed E-state index contributed by atoms with van der Waals surface area (Å²) in [5, 5.41) is 0. The van der Waals surface area contributed by atoms with E-state index in [0.29, 0.717) is 0 Å². The Hall–Kier alpha value is 1.08. The summed E-state index contributed by atoms with van der Waals surface area (Å²) in [6.07, 6.45) is 40.1. The van der Waals surface area contributed by atoms with Gasteiger partial charge in [0.1, 0.15) is 0 Å². The predicted molar refractivity (Wildman–Crippen MR) is 164 cm³/mol. The van der Waals surface area contributed by atoms with E-state index in [1.807, 2.05) is 22.0 Å². The average molecular weight is 613 g/mol. The minimum atomic E-state index is -1.18. The van der Waals surface area contributed by atoms with Gasteiger partial charge in [-0.3, -0.25) is 0 Å². The maximum absolute atomic E-state index is 9.08. The normalized spacial score (nSPS) is 12.4. The highest BCUT2D eigenvalue weighted by Crippen LogP contribution is 2.40. The molecule has 0 heterocycles. The molecule has 0 aliphatic rings. The SMILES string of the molecule is CCCCCCCCCCCCCCCCCCCCCCCCCCCCCCOP(O)I. The van der Waals surface area contributed by atoms with E-state index in [0.717, 1.165) is 13.0 Å². The molecule has 0 fully saturated rings. The van der Waals surface area contributed by atoms with Crippen LogP contribution in [0.3, 0.4) is 0 Å². The molecule has 1 N–H and O–H groups in total. The molecule has 0 aromatic heterocycles. The Morgan fingerprint density at radius 2 is 0.618 bits per heavy atom.